The van der Waals surface area contributed by atoms with Crippen LogP contribution >= 0.6 is 0 Å². The highest BCUT2D eigenvalue weighted by Crippen LogP contribution is 2.38. The van der Waals surface area contributed by atoms with E-state index in [1.165, 1.54) is 0 Å². The second kappa shape index (κ2) is 3.59. The van der Waals surface area contributed by atoms with Crippen LogP contribution in [0.15, 0.2) is 30.3 Å². The Hall–Kier alpha value is -0.900. The Morgan fingerprint density at radius 3 is 2.33 bits per heavy atom. The molecule has 82 valence electrons. The fourth-order valence-electron chi connectivity index (χ4n) is 1.78. The van der Waals surface area contributed by atoms with Gasteiger partial charge in [-0.25, -0.2) is 0 Å². The second-order valence-corrected chi connectivity index (χ2v) is 4.11. The van der Waals surface area contributed by atoms with E-state index in [1.807, 2.05) is 44.2 Å². The molecule has 1 unspecified atom stereocenters. The quantitative estimate of drug-likeness (QED) is 0.746. The Kier molecular flexibility index (Phi) is 2.54. The molecule has 0 radical (unpaired) electrons. The largest absolute Gasteiger partial charge is 0.347 e. The van der Waals surface area contributed by atoms with Gasteiger partial charge in [0.2, 0.25) is 5.79 Å². The van der Waals surface area contributed by atoms with Crippen LogP contribution in [0.5, 0.6) is 0 Å². The van der Waals surface area contributed by atoms with Gasteiger partial charge in [0.25, 0.3) is 0 Å². The number of hydrogen-bond donors (Lipinski definition) is 0. The van der Waals surface area contributed by atoms with Crippen LogP contribution in [0.1, 0.15) is 19.4 Å². The minimum absolute atomic E-state index is 0.417. The van der Waals surface area contributed by atoms with Gasteiger partial charge in [0.1, 0.15) is 6.61 Å². The van der Waals surface area contributed by atoms with Crippen LogP contribution in [0.4, 0.5) is 0 Å². The molecule has 1 saturated heterocycles. The molecule has 2 rings (SSSR count). The molecule has 3 nitrogen and oxygen atoms in total. The standard InChI is InChI=1S/C12H16O3/c1-11(2)14-9-12(13-3,15-11)10-7-5-4-6-8-10/h4-8H,9H2,1-3H3. The summed E-state index contributed by atoms with van der Waals surface area (Å²) in [5.41, 5.74) is 0.984. The second-order valence-electron chi connectivity index (χ2n) is 4.11. The fraction of sp³-hybridized carbons (Fsp3) is 0.500. The molecule has 0 aliphatic carbocycles. The molecular formula is C12H16O3. The van der Waals surface area contributed by atoms with E-state index in [4.69, 9.17) is 14.2 Å². The maximum absolute atomic E-state index is 5.83. The Bertz CT molecular complexity index is 334. The summed E-state index contributed by atoms with van der Waals surface area (Å²) in [6.07, 6.45) is 0. The number of benzene rings is 1. The number of rotatable bonds is 2. The Labute approximate surface area is 90.0 Å². The van der Waals surface area contributed by atoms with E-state index >= 15 is 0 Å². The lowest BCUT2D eigenvalue weighted by Crippen LogP contribution is -2.33. The summed E-state index contributed by atoms with van der Waals surface area (Å²) in [7, 11) is 1.64. The van der Waals surface area contributed by atoms with E-state index in [-0.39, 0.29) is 0 Å². The monoisotopic (exact) mass is 208 g/mol. The van der Waals surface area contributed by atoms with Crippen molar-refractivity contribution in [1.29, 1.82) is 0 Å². The Morgan fingerprint density at radius 2 is 1.87 bits per heavy atom. The summed E-state index contributed by atoms with van der Waals surface area (Å²) < 4.78 is 16.9. The lowest BCUT2D eigenvalue weighted by atomic mass is 10.1. The van der Waals surface area contributed by atoms with E-state index in [1.54, 1.807) is 7.11 Å². The predicted octanol–water partition coefficient (Wildman–Crippen LogP) is 2.27. The highest BCUT2D eigenvalue weighted by atomic mass is 16.8. The molecule has 0 saturated carbocycles. The molecule has 15 heavy (non-hydrogen) atoms. The zero-order valence-corrected chi connectivity index (χ0v) is 9.32. The highest BCUT2D eigenvalue weighted by molar-refractivity contribution is 5.21. The van der Waals surface area contributed by atoms with Gasteiger partial charge in [-0.15, -0.1) is 0 Å². The third-order valence-corrected chi connectivity index (χ3v) is 2.56. The first-order chi connectivity index (χ1) is 7.08. The van der Waals surface area contributed by atoms with Crippen molar-refractivity contribution in [2.24, 2.45) is 0 Å². The third-order valence-electron chi connectivity index (χ3n) is 2.56. The van der Waals surface area contributed by atoms with Gasteiger partial charge in [-0.05, 0) is 13.8 Å². The SMILES string of the molecule is COC1(c2ccccc2)COC(C)(C)O1. The zero-order valence-electron chi connectivity index (χ0n) is 9.32. The van der Waals surface area contributed by atoms with Crippen molar-refractivity contribution in [1.82, 2.24) is 0 Å². The van der Waals surface area contributed by atoms with Gasteiger partial charge in [0.05, 0.1) is 0 Å². The van der Waals surface area contributed by atoms with Crippen LogP contribution in [-0.2, 0) is 20.0 Å². The summed E-state index contributed by atoms with van der Waals surface area (Å²) in [5, 5.41) is 0. The maximum atomic E-state index is 5.83. The van der Waals surface area contributed by atoms with E-state index in [0.717, 1.165) is 5.56 Å². The topological polar surface area (TPSA) is 27.7 Å². The average Bonchev–Trinajstić information content (AvgIpc) is 2.57. The molecule has 0 N–H and O–H groups in total. The highest BCUT2D eigenvalue weighted by Gasteiger charge is 2.47. The summed E-state index contributed by atoms with van der Waals surface area (Å²) in [5.74, 6) is -1.35. The lowest BCUT2D eigenvalue weighted by Gasteiger charge is -2.27. The maximum Gasteiger partial charge on any atom is 0.221 e. The molecule has 0 amide bonds. The summed E-state index contributed by atoms with van der Waals surface area (Å²) in [4.78, 5) is 0. The van der Waals surface area contributed by atoms with Gasteiger partial charge in [-0.2, -0.15) is 0 Å². The predicted molar refractivity (Wildman–Crippen MR) is 56.2 cm³/mol. The van der Waals surface area contributed by atoms with Crippen molar-refractivity contribution in [2.75, 3.05) is 13.7 Å². The molecule has 0 bridgehead atoms. The van der Waals surface area contributed by atoms with Crippen molar-refractivity contribution >= 4 is 0 Å². The van der Waals surface area contributed by atoms with Gasteiger partial charge >= 0.3 is 0 Å². The first-order valence-corrected chi connectivity index (χ1v) is 5.03. The Balaban J connectivity index is 2.32. The number of hydrogen-bond acceptors (Lipinski definition) is 3. The van der Waals surface area contributed by atoms with Crippen LogP contribution < -0.4 is 0 Å². The Morgan fingerprint density at radius 1 is 1.20 bits per heavy atom. The van der Waals surface area contributed by atoms with Gasteiger partial charge in [-0.3, -0.25) is 0 Å². The summed E-state index contributed by atoms with van der Waals surface area (Å²) >= 11 is 0. The molecule has 0 aromatic heterocycles. The third kappa shape index (κ3) is 1.91. The van der Waals surface area contributed by atoms with Crippen LogP contribution in [0, 0.1) is 0 Å². The first-order valence-electron chi connectivity index (χ1n) is 5.03. The normalized spacial score (nSPS) is 29.3. The molecule has 1 aliphatic heterocycles. The van der Waals surface area contributed by atoms with Crippen LogP contribution in [0.3, 0.4) is 0 Å². The van der Waals surface area contributed by atoms with E-state index in [2.05, 4.69) is 0 Å². The van der Waals surface area contributed by atoms with Gasteiger partial charge in [0, 0.05) is 12.7 Å². The summed E-state index contributed by atoms with van der Waals surface area (Å²) in [6, 6.07) is 9.85. The van der Waals surface area contributed by atoms with E-state index in [9.17, 15) is 0 Å². The number of methoxy groups -OCH3 is 1. The van der Waals surface area contributed by atoms with Gasteiger partial charge in [-0.1, -0.05) is 30.3 Å². The fourth-order valence-corrected chi connectivity index (χ4v) is 1.78. The van der Waals surface area contributed by atoms with Gasteiger partial charge < -0.3 is 14.2 Å². The zero-order chi connectivity index (χ0) is 10.9. The van der Waals surface area contributed by atoms with Gasteiger partial charge in [0.15, 0.2) is 5.79 Å². The molecule has 1 fully saturated rings. The molecule has 0 spiro atoms. The number of ether oxygens (including phenoxy) is 3. The summed E-state index contributed by atoms with van der Waals surface area (Å²) in [6.45, 7) is 4.19. The van der Waals surface area contributed by atoms with Crippen molar-refractivity contribution < 1.29 is 14.2 Å². The molecule has 1 atom stereocenters. The first kappa shape index (κ1) is 10.6. The minimum atomic E-state index is -0.759. The van der Waals surface area contributed by atoms with Crippen molar-refractivity contribution in [3.8, 4) is 0 Å². The van der Waals surface area contributed by atoms with Crippen molar-refractivity contribution in [3.63, 3.8) is 0 Å². The lowest BCUT2D eigenvalue weighted by molar-refractivity contribution is -0.249. The molecule has 1 aromatic rings. The van der Waals surface area contributed by atoms with Crippen molar-refractivity contribution in [2.45, 2.75) is 25.4 Å². The van der Waals surface area contributed by atoms with Crippen LogP contribution in [0.25, 0.3) is 0 Å². The molecule has 3 heteroatoms. The smallest absolute Gasteiger partial charge is 0.221 e. The van der Waals surface area contributed by atoms with E-state index in [0.29, 0.717) is 6.61 Å². The average molecular weight is 208 g/mol. The molecule has 1 heterocycles. The van der Waals surface area contributed by atoms with Crippen LogP contribution in [-0.4, -0.2) is 19.5 Å². The van der Waals surface area contributed by atoms with Crippen molar-refractivity contribution in [3.05, 3.63) is 35.9 Å². The molecular weight excluding hydrogens is 192 g/mol. The molecule has 1 aliphatic rings. The molecule has 1 aromatic carbocycles. The van der Waals surface area contributed by atoms with E-state index < -0.39 is 11.6 Å². The minimum Gasteiger partial charge on any atom is -0.347 e. The van der Waals surface area contributed by atoms with Crippen LogP contribution in [0.2, 0.25) is 0 Å².